The van der Waals surface area contributed by atoms with Gasteiger partial charge >= 0.3 is 0 Å². The van der Waals surface area contributed by atoms with E-state index in [1.165, 1.54) is 17.9 Å². The Morgan fingerprint density at radius 1 is 1.40 bits per heavy atom. The van der Waals surface area contributed by atoms with Gasteiger partial charge in [-0.3, -0.25) is 4.99 Å². The van der Waals surface area contributed by atoms with E-state index in [0.29, 0.717) is 6.04 Å². The lowest BCUT2D eigenvalue weighted by atomic mass is 10.1. The Bertz CT molecular complexity index is 142. The fourth-order valence-electron chi connectivity index (χ4n) is 1.23. The fraction of sp³-hybridized carbons (Fsp3) is 0.875. The molecule has 1 aliphatic heterocycles. The fourth-order valence-corrected chi connectivity index (χ4v) is 2.31. The molecule has 0 saturated carbocycles. The van der Waals surface area contributed by atoms with Crippen molar-refractivity contribution in [2.45, 2.75) is 44.9 Å². The molecule has 1 heterocycles. The van der Waals surface area contributed by atoms with E-state index in [-0.39, 0.29) is 0 Å². The van der Waals surface area contributed by atoms with Crippen molar-refractivity contribution in [1.82, 2.24) is 0 Å². The molecule has 0 aromatic carbocycles. The summed E-state index contributed by atoms with van der Waals surface area (Å²) in [6.45, 7) is 6.59. The molecule has 58 valence electrons. The van der Waals surface area contributed by atoms with E-state index in [4.69, 9.17) is 0 Å². The number of hydrogen-bond donors (Lipinski definition) is 0. The molecule has 0 N–H and O–H groups in total. The molecule has 0 radical (unpaired) electrons. The quantitative estimate of drug-likeness (QED) is 0.526. The van der Waals surface area contributed by atoms with E-state index in [9.17, 15) is 0 Å². The van der Waals surface area contributed by atoms with Crippen LogP contribution in [-0.2, 0) is 0 Å². The molecule has 2 atom stereocenters. The third-order valence-corrected chi connectivity index (χ3v) is 2.85. The smallest absolute Gasteiger partial charge is 0.0650 e. The topological polar surface area (TPSA) is 12.4 Å². The third-order valence-electron chi connectivity index (χ3n) is 1.76. The molecule has 2 heteroatoms. The van der Waals surface area contributed by atoms with Crippen molar-refractivity contribution in [2.75, 3.05) is 0 Å². The highest BCUT2D eigenvalue weighted by atomic mass is 32.2. The van der Waals surface area contributed by atoms with Gasteiger partial charge in [0.25, 0.3) is 0 Å². The normalized spacial score (nSPS) is 34.9. The van der Waals surface area contributed by atoms with E-state index in [1.807, 2.05) is 11.8 Å². The van der Waals surface area contributed by atoms with Crippen LogP contribution in [0.1, 0.15) is 33.6 Å². The Morgan fingerprint density at radius 3 is 2.80 bits per heavy atom. The van der Waals surface area contributed by atoms with Crippen LogP contribution in [0.15, 0.2) is 4.99 Å². The minimum atomic E-state index is 0.553. The number of thioether (sulfide) groups is 1. The summed E-state index contributed by atoms with van der Waals surface area (Å²) in [7, 11) is 0. The van der Waals surface area contributed by atoms with E-state index in [1.54, 1.807) is 0 Å². The summed E-state index contributed by atoms with van der Waals surface area (Å²) in [5.41, 5.74) is 0. The van der Waals surface area contributed by atoms with E-state index >= 15 is 0 Å². The Labute approximate surface area is 67.3 Å². The molecular weight excluding hydrogens is 142 g/mol. The van der Waals surface area contributed by atoms with Crippen LogP contribution in [0.3, 0.4) is 0 Å². The maximum absolute atomic E-state index is 4.51. The molecule has 10 heavy (non-hydrogen) atoms. The first-order valence-corrected chi connectivity index (χ1v) is 4.77. The van der Waals surface area contributed by atoms with E-state index in [2.05, 4.69) is 25.8 Å². The standard InChI is InChI=1S/C8H15NS/c1-6-4-5-7(2)10-8(3)9-6/h6-7H,4-5H2,1-3H3. The maximum Gasteiger partial charge on any atom is 0.0650 e. The minimum Gasteiger partial charge on any atom is -0.280 e. The van der Waals surface area contributed by atoms with E-state index in [0.717, 1.165) is 5.25 Å². The highest BCUT2D eigenvalue weighted by Gasteiger charge is 2.12. The van der Waals surface area contributed by atoms with Gasteiger partial charge < -0.3 is 0 Å². The lowest BCUT2D eigenvalue weighted by molar-refractivity contribution is 0.631. The van der Waals surface area contributed by atoms with Gasteiger partial charge in [0.05, 0.1) is 5.04 Å². The van der Waals surface area contributed by atoms with Crippen LogP contribution in [0.2, 0.25) is 0 Å². The van der Waals surface area contributed by atoms with Gasteiger partial charge in [-0.05, 0) is 26.7 Å². The molecular formula is C8H15NS. The van der Waals surface area contributed by atoms with Crippen LogP contribution in [0.4, 0.5) is 0 Å². The van der Waals surface area contributed by atoms with Crippen LogP contribution in [-0.4, -0.2) is 16.3 Å². The first kappa shape index (κ1) is 8.12. The second-order valence-electron chi connectivity index (χ2n) is 3.00. The van der Waals surface area contributed by atoms with Crippen LogP contribution in [0.25, 0.3) is 0 Å². The third kappa shape index (κ3) is 2.33. The Balaban J connectivity index is 2.55. The van der Waals surface area contributed by atoms with Gasteiger partial charge in [-0.2, -0.15) is 0 Å². The summed E-state index contributed by atoms with van der Waals surface area (Å²) in [4.78, 5) is 4.51. The zero-order chi connectivity index (χ0) is 7.56. The predicted octanol–water partition coefficient (Wildman–Crippen LogP) is 2.71. The molecule has 0 fully saturated rings. The molecule has 0 saturated heterocycles. The molecule has 0 bridgehead atoms. The lowest BCUT2D eigenvalue weighted by Gasteiger charge is -2.04. The molecule has 0 aromatic rings. The van der Waals surface area contributed by atoms with Crippen LogP contribution in [0, 0.1) is 0 Å². The van der Waals surface area contributed by atoms with Crippen molar-refractivity contribution < 1.29 is 0 Å². The monoisotopic (exact) mass is 157 g/mol. The van der Waals surface area contributed by atoms with Crippen molar-refractivity contribution in [1.29, 1.82) is 0 Å². The number of aliphatic imine (C=N–C) groups is 1. The van der Waals surface area contributed by atoms with Gasteiger partial charge in [-0.15, -0.1) is 11.8 Å². The molecule has 0 aromatic heterocycles. The van der Waals surface area contributed by atoms with Gasteiger partial charge in [0.1, 0.15) is 0 Å². The molecule has 1 nitrogen and oxygen atoms in total. The van der Waals surface area contributed by atoms with Gasteiger partial charge in [0.2, 0.25) is 0 Å². The summed E-state index contributed by atoms with van der Waals surface area (Å²) < 4.78 is 0. The molecule has 1 aliphatic rings. The van der Waals surface area contributed by atoms with Crippen LogP contribution in [0.5, 0.6) is 0 Å². The number of hydrogen-bond acceptors (Lipinski definition) is 2. The number of rotatable bonds is 0. The predicted molar refractivity (Wildman–Crippen MR) is 48.9 cm³/mol. The molecule has 0 amide bonds. The van der Waals surface area contributed by atoms with Crippen molar-refractivity contribution in [2.24, 2.45) is 4.99 Å². The second-order valence-corrected chi connectivity index (χ2v) is 4.63. The average molecular weight is 157 g/mol. The Hall–Kier alpha value is 0.0200. The van der Waals surface area contributed by atoms with Gasteiger partial charge in [-0.1, -0.05) is 6.92 Å². The molecule has 0 spiro atoms. The van der Waals surface area contributed by atoms with Crippen molar-refractivity contribution in [3.05, 3.63) is 0 Å². The first-order valence-electron chi connectivity index (χ1n) is 3.89. The summed E-state index contributed by atoms with van der Waals surface area (Å²) in [6, 6.07) is 0.553. The van der Waals surface area contributed by atoms with Crippen LogP contribution >= 0.6 is 11.8 Å². The lowest BCUT2D eigenvalue weighted by Crippen LogP contribution is -1.98. The zero-order valence-electron chi connectivity index (χ0n) is 6.92. The SMILES string of the molecule is CC1=NC(C)CCC(C)S1. The van der Waals surface area contributed by atoms with Gasteiger partial charge in [0.15, 0.2) is 0 Å². The second kappa shape index (κ2) is 3.42. The Kier molecular flexibility index (Phi) is 2.78. The van der Waals surface area contributed by atoms with Crippen molar-refractivity contribution >= 4 is 16.8 Å². The summed E-state index contributed by atoms with van der Waals surface area (Å²) >= 11 is 1.92. The molecule has 0 aliphatic carbocycles. The summed E-state index contributed by atoms with van der Waals surface area (Å²) in [5.74, 6) is 0. The average Bonchev–Trinajstić information content (AvgIpc) is 1.93. The summed E-state index contributed by atoms with van der Waals surface area (Å²) in [5, 5.41) is 2.03. The molecule has 1 rings (SSSR count). The zero-order valence-corrected chi connectivity index (χ0v) is 7.74. The Morgan fingerprint density at radius 2 is 2.10 bits per heavy atom. The summed E-state index contributed by atoms with van der Waals surface area (Å²) in [6.07, 6.45) is 2.57. The van der Waals surface area contributed by atoms with E-state index < -0.39 is 0 Å². The van der Waals surface area contributed by atoms with Crippen LogP contribution < -0.4 is 0 Å². The van der Waals surface area contributed by atoms with Crippen molar-refractivity contribution in [3.8, 4) is 0 Å². The number of nitrogens with zero attached hydrogens (tertiary/aromatic N) is 1. The highest BCUT2D eigenvalue weighted by Crippen LogP contribution is 2.23. The first-order chi connectivity index (χ1) is 4.68. The highest BCUT2D eigenvalue weighted by molar-refractivity contribution is 8.14. The van der Waals surface area contributed by atoms with Crippen molar-refractivity contribution in [3.63, 3.8) is 0 Å². The van der Waals surface area contributed by atoms with Gasteiger partial charge in [-0.25, -0.2) is 0 Å². The molecule has 2 unspecified atom stereocenters. The minimum absolute atomic E-state index is 0.553. The maximum atomic E-state index is 4.51. The van der Waals surface area contributed by atoms with Gasteiger partial charge in [0, 0.05) is 11.3 Å². The largest absolute Gasteiger partial charge is 0.280 e.